The van der Waals surface area contributed by atoms with Crippen LogP contribution in [0.5, 0.6) is 0 Å². The van der Waals surface area contributed by atoms with Crippen LogP contribution >= 0.6 is 0 Å². The Morgan fingerprint density at radius 1 is 1.53 bits per heavy atom. The molecule has 1 amide bonds. The van der Waals surface area contributed by atoms with Crippen molar-refractivity contribution in [3.05, 3.63) is 35.4 Å². The maximum atomic E-state index is 11.6. The Bertz CT molecular complexity index is 378. The summed E-state index contributed by atoms with van der Waals surface area (Å²) in [4.78, 5) is 11.6. The third-order valence-electron chi connectivity index (χ3n) is 2.01. The van der Waals surface area contributed by atoms with E-state index in [4.69, 9.17) is 11.0 Å². The normalized spacial score (nSPS) is 11.5. The van der Waals surface area contributed by atoms with Crippen molar-refractivity contribution < 1.29 is 4.79 Å². The highest BCUT2D eigenvalue weighted by atomic mass is 16.1. The summed E-state index contributed by atoms with van der Waals surface area (Å²) in [5, 5.41) is 11.3. The van der Waals surface area contributed by atoms with Gasteiger partial charge in [0.15, 0.2) is 0 Å². The first-order chi connectivity index (χ1) is 7.17. The van der Waals surface area contributed by atoms with Crippen LogP contribution in [-0.4, -0.2) is 18.5 Å². The lowest BCUT2D eigenvalue weighted by Crippen LogP contribution is -2.37. The number of carbonyl (C=O) groups is 1. The molecule has 3 N–H and O–H groups in total. The lowest BCUT2D eigenvalue weighted by molar-refractivity contribution is 0.0941. The molecule has 0 aliphatic rings. The second-order valence-electron chi connectivity index (χ2n) is 3.30. The Hall–Kier alpha value is -1.86. The maximum Gasteiger partial charge on any atom is 0.251 e. The molecule has 1 aromatic rings. The minimum Gasteiger partial charge on any atom is -0.348 e. The first kappa shape index (κ1) is 11.2. The van der Waals surface area contributed by atoms with Gasteiger partial charge in [0, 0.05) is 18.2 Å². The molecule has 1 aromatic carbocycles. The first-order valence-corrected chi connectivity index (χ1v) is 4.68. The molecule has 15 heavy (non-hydrogen) atoms. The van der Waals surface area contributed by atoms with Crippen molar-refractivity contribution >= 4 is 5.91 Å². The number of hydrogen-bond donors (Lipinski definition) is 2. The van der Waals surface area contributed by atoms with Gasteiger partial charge in [-0.3, -0.25) is 4.79 Å². The minimum atomic E-state index is -0.169. The van der Waals surface area contributed by atoms with E-state index in [1.54, 1.807) is 24.3 Å². The van der Waals surface area contributed by atoms with Gasteiger partial charge in [0.05, 0.1) is 11.6 Å². The van der Waals surface area contributed by atoms with Crippen LogP contribution in [0.15, 0.2) is 24.3 Å². The topological polar surface area (TPSA) is 78.9 Å². The second-order valence-corrected chi connectivity index (χ2v) is 3.30. The van der Waals surface area contributed by atoms with Crippen LogP contribution < -0.4 is 11.1 Å². The highest BCUT2D eigenvalue weighted by Crippen LogP contribution is 2.03. The highest BCUT2D eigenvalue weighted by Gasteiger charge is 2.07. The molecule has 0 aliphatic heterocycles. The quantitative estimate of drug-likeness (QED) is 0.756. The number of amides is 1. The Morgan fingerprint density at radius 2 is 2.13 bits per heavy atom. The van der Waals surface area contributed by atoms with Crippen LogP contribution in [0.1, 0.15) is 22.8 Å². The molecule has 0 heterocycles. The van der Waals surface area contributed by atoms with Gasteiger partial charge in [-0.1, -0.05) is 0 Å². The smallest absolute Gasteiger partial charge is 0.251 e. The third-order valence-corrected chi connectivity index (χ3v) is 2.01. The lowest BCUT2D eigenvalue weighted by Gasteiger charge is -2.10. The first-order valence-electron chi connectivity index (χ1n) is 4.68. The van der Waals surface area contributed by atoms with E-state index in [0.717, 1.165) is 0 Å². The molecule has 0 saturated carbocycles. The van der Waals surface area contributed by atoms with Gasteiger partial charge in [0.1, 0.15) is 0 Å². The van der Waals surface area contributed by atoms with Crippen molar-refractivity contribution in [3.63, 3.8) is 0 Å². The summed E-state index contributed by atoms with van der Waals surface area (Å²) in [5.41, 5.74) is 6.46. The molecule has 0 fully saturated rings. The van der Waals surface area contributed by atoms with Crippen LogP contribution in [0.4, 0.5) is 0 Å². The molecule has 0 saturated heterocycles. The van der Waals surface area contributed by atoms with Crippen molar-refractivity contribution in [1.82, 2.24) is 5.32 Å². The second kappa shape index (κ2) is 5.13. The summed E-state index contributed by atoms with van der Waals surface area (Å²) in [7, 11) is 0. The molecule has 78 valence electrons. The average Bonchev–Trinajstić information content (AvgIpc) is 2.29. The number of nitriles is 1. The number of benzene rings is 1. The van der Waals surface area contributed by atoms with Gasteiger partial charge >= 0.3 is 0 Å². The Kier molecular flexibility index (Phi) is 3.83. The molecule has 1 unspecified atom stereocenters. The lowest BCUT2D eigenvalue weighted by atomic mass is 10.1. The van der Waals surface area contributed by atoms with Gasteiger partial charge in [0.2, 0.25) is 0 Å². The number of nitrogens with zero attached hydrogens (tertiary/aromatic N) is 1. The fourth-order valence-electron chi connectivity index (χ4n) is 1.06. The monoisotopic (exact) mass is 203 g/mol. The van der Waals surface area contributed by atoms with E-state index < -0.39 is 0 Å². The Morgan fingerprint density at radius 3 is 2.60 bits per heavy atom. The zero-order chi connectivity index (χ0) is 11.3. The van der Waals surface area contributed by atoms with Crippen LogP contribution in [0.25, 0.3) is 0 Å². The van der Waals surface area contributed by atoms with Gasteiger partial charge in [-0.2, -0.15) is 5.26 Å². The van der Waals surface area contributed by atoms with Gasteiger partial charge in [-0.15, -0.1) is 0 Å². The molecule has 0 bridgehead atoms. The van der Waals surface area contributed by atoms with Crippen LogP contribution in [0.3, 0.4) is 0 Å². The summed E-state index contributed by atoms with van der Waals surface area (Å²) < 4.78 is 0. The van der Waals surface area contributed by atoms with E-state index in [0.29, 0.717) is 17.7 Å². The van der Waals surface area contributed by atoms with Crippen LogP contribution in [-0.2, 0) is 0 Å². The molecular formula is C11H13N3O. The largest absolute Gasteiger partial charge is 0.348 e. The minimum absolute atomic E-state index is 0.0480. The highest BCUT2D eigenvalue weighted by molar-refractivity contribution is 5.94. The van der Waals surface area contributed by atoms with Crippen molar-refractivity contribution in [2.24, 2.45) is 5.73 Å². The molecule has 1 atom stereocenters. The fraction of sp³-hybridized carbons (Fsp3) is 0.273. The number of rotatable bonds is 3. The van der Waals surface area contributed by atoms with Gasteiger partial charge in [0.25, 0.3) is 5.91 Å². The van der Waals surface area contributed by atoms with Crippen molar-refractivity contribution in [1.29, 1.82) is 5.26 Å². The van der Waals surface area contributed by atoms with E-state index in [1.165, 1.54) is 0 Å². The van der Waals surface area contributed by atoms with E-state index in [-0.39, 0.29) is 11.9 Å². The number of nitrogens with one attached hydrogen (secondary N) is 1. The van der Waals surface area contributed by atoms with Crippen LogP contribution in [0.2, 0.25) is 0 Å². The Labute approximate surface area is 88.7 Å². The molecule has 0 aromatic heterocycles. The molecule has 1 rings (SSSR count). The van der Waals surface area contributed by atoms with Crippen molar-refractivity contribution in [2.45, 2.75) is 13.0 Å². The summed E-state index contributed by atoms with van der Waals surface area (Å²) >= 11 is 0. The predicted octanol–water partition coefficient (Wildman–Crippen LogP) is 0.635. The maximum absolute atomic E-state index is 11.6. The third kappa shape index (κ3) is 3.08. The number of carbonyl (C=O) groups excluding carboxylic acids is 1. The fourth-order valence-corrected chi connectivity index (χ4v) is 1.06. The molecule has 4 heteroatoms. The molecule has 0 radical (unpaired) electrons. The van der Waals surface area contributed by atoms with Crippen molar-refractivity contribution in [3.8, 4) is 6.07 Å². The zero-order valence-electron chi connectivity index (χ0n) is 8.53. The zero-order valence-corrected chi connectivity index (χ0v) is 8.53. The summed E-state index contributed by atoms with van der Waals surface area (Å²) in [6.07, 6.45) is 0. The number of nitrogens with two attached hydrogens (primary N) is 1. The Balaban J connectivity index is 2.71. The standard InChI is InChI=1S/C11H13N3O/c1-8(6-12)14-11(15)10-4-2-9(7-13)3-5-10/h2-5,8H,6,12H2,1H3,(H,14,15). The summed E-state index contributed by atoms with van der Waals surface area (Å²) in [6.45, 7) is 2.24. The van der Waals surface area contributed by atoms with Gasteiger partial charge in [-0.05, 0) is 31.2 Å². The molecule has 0 spiro atoms. The van der Waals surface area contributed by atoms with E-state index in [1.807, 2.05) is 13.0 Å². The molecule has 0 aliphatic carbocycles. The molecular weight excluding hydrogens is 190 g/mol. The van der Waals surface area contributed by atoms with Crippen molar-refractivity contribution in [2.75, 3.05) is 6.54 Å². The van der Waals surface area contributed by atoms with E-state index in [2.05, 4.69) is 5.32 Å². The SMILES string of the molecule is CC(CN)NC(=O)c1ccc(C#N)cc1. The number of hydrogen-bond acceptors (Lipinski definition) is 3. The van der Waals surface area contributed by atoms with Gasteiger partial charge in [-0.25, -0.2) is 0 Å². The summed E-state index contributed by atoms with van der Waals surface area (Å²) in [6, 6.07) is 8.42. The van der Waals surface area contributed by atoms with E-state index >= 15 is 0 Å². The predicted molar refractivity (Wildman–Crippen MR) is 57.1 cm³/mol. The van der Waals surface area contributed by atoms with E-state index in [9.17, 15) is 4.79 Å². The summed E-state index contributed by atoms with van der Waals surface area (Å²) in [5.74, 6) is -0.169. The average molecular weight is 203 g/mol. The van der Waals surface area contributed by atoms with Gasteiger partial charge < -0.3 is 11.1 Å². The van der Waals surface area contributed by atoms with Crippen LogP contribution in [0, 0.1) is 11.3 Å². The molecule has 4 nitrogen and oxygen atoms in total.